The van der Waals surface area contributed by atoms with Crippen LogP contribution in [-0.2, 0) is 16.0 Å². The Morgan fingerprint density at radius 1 is 1.10 bits per heavy atom. The van der Waals surface area contributed by atoms with E-state index in [0.29, 0.717) is 37.5 Å². The van der Waals surface area contributed by atoms with Crippen molar-refractivity contribution < 1.29 is 27.0 Å². The van der Waals surface area contributed by atoms with Crippen molar-refractivity contribution in [2.24, 2.45) is 0 Å². The standard InChI is InChI=1S/C21H21F4N3O3/c1-12-3-4-14(31-6-5-30-2)9-18(12)26-21-27-20(29)17(24)11-28(21)10-13-7-15(22)19(25)16(23)8-13/h7-9,11H,3-6,10H2,1-2H3,(H,26,27,29). The quantitative estimate of drug-likeness (QED) is 0.384. The third-order valence-electron chi connectivity index (χ3n) is 4.68. The summed E-state index contributed by atoms with van der Waals surface area (Å²) in [5, 5.41) is 2.96. The molecule has 0 atom stereocenters. The zero-order valence-corrected chi connectivity index (χ0v) is 17.0. The van der Waals surface area contributed by atoms with Gasteiger partial charge in [0.05, 0.1) is 18.9 Å². The number of ether oxygens (including phenoxy) is 2. The van der Waals surface area contributed by atoms with E-state index >= 15 is 0 Å². The Morgan fingerprint density at radius 2 is 1.81 bits per heavy atom. The molecule has 0 spiro atoms. The van der Waals surface area contributed by atoms with Gasteiger partial charge in [-0.15, -0.1) is 0 Å². The molecule has 166 valence electrons. The number of rotatable bonds is 8. The molecule has 1 aliphatic carbocycles. The maximum Gasteiger partial charge on any atom is 0.310 e. The number of halogens is 4. The van der Waals surface area contributed by atoms with Gasteiger partial charge >= 0.3 is 5.56 Å². The lowest BCUT2D eigenvalue weighted by Gasteiger charge is -2.21. The molecule has 0 fully saturated rings. The Morgan fingerprint density at radius 3 is 2.48 bits per heavy atom. The van der Waals surface area contributed by atoms with Gasteiger partial charge in [-0.25, -0.2) is 13.2 Å². The molecule has 6 nitrogen and oxygen atoms in total. The number of aromatic nitrogens is 2. The van der Waals surface area contributed by atoms with Crippen LogP contribution in [0.4, 0.5) is 23.5 Å². The summed E-state index contributed by atoms with van der Waals surface area (Å²) >= 11 is 0. The van der Waals surface area contributed by atoms with E-state index in [1.54, 1.807) is 13.2 Å². The van der Waals surface area contributed by atoms with Gasteiger partial charge in [0.2, 0.25) is 11.8 Å². The zero-order valence-electron chi connectivity index (χ0n) is 17.0. The second-order valence-electron chi connectivity index (χ2n) is 6.99. The number of nitrogens with one attached hydrogen (secondary N) is 1. The number of allylic oxidation sites excluding steroid dienone is 3. The van der Waals surface area contributed by atoms with Crippen molar-refractivity contribution in [3.63, 3.8) is 0 Å². The molecule has 1 aromatic carbocycles. The highest BCUT2D eigenvalue weighted by Crippen LogP contribution is 2.25. The van der Waals surface area contributed by atoms with Crippen molar-refractivity contribution in [1.82, 2.24) is 9.55 Å². The number of benzene rings is 1. The molecule has 0 saturated heterocycles. The van der Waals surface area contributed by atoms with E-state index in [4.69, 9.17) is 9.47 Å². The highest BCUT2D eigenvalue weighted by molar-refractivity contribution is 5.45. The van der Waals surface area contributed by atoms with Crippen molar-refractivity contribution in [1.29, 1.82) is 0 Å². The number of nitrogens with zero attached hydrogens (tertiary/aromatic N) is 2. The maximum absolute atomic E-state index is 13.9. The maximum atomic E-state index is 13.9. The summed E-state index contributed by atoms with van der Waals surface area (Å²) in [5.41, 5.74) is 0.480. The molecule has 0 radical (unpaired) electrons. The summed E-state index contributed by atoms with van der Waals surface area (Å²) in [4.78, 5) is 15.5. The summed E-state index contributed by atoms with van der Waals surface area (Å²) in [6.45, 7) is 2.41. The van der Waals surface area contributed by atoms with Crippen LogP contribution in [0, 0.1) is 23.3 Å². The molecule has 10 heteroatoms. The van der Waals surface area contributed by atoms with Gasteiger partial charge in [-0.1, -0.05) is 0 Å². The van der Waals surface area contributed by atoms with Crippen molar-refractivity contribution >= 4 is 5.95 Å². The predicted octanol–water partition coefficient (Wildman–Crippen LogP) is 3.87. The number of hydrogen-bond acceptors (Lipinski definition) is 5. The Balaban J connectivity index is 1.91. The van der Waals surface area contributed by atoms with Crippen LogP contribution < -0.4 is 10.9 Å². The Bertz CT molecular complexity index is 1070. The summed E-state index contributed by atoms with van der Waals surface area (Å²) in [6, 6.07) is 1.59. The van der Waals surface area contributed by atoms with Crippen molar-refractivity contribution in [3.05, 3.63) is 80.6 Å². The molecule has 0 bridgehead atoms. The van der Waals surface area contributed by atoms with Crippen LogP contribution in [0.1, 0.15) is 25.3 Å². The van der Waals surface area contributed by atoms with Gasteiger partial charge < -0.3 is 19.4 Å². The first-order chi connectivity index (χ1) is 14.8. The molecule has 0 unspecified atom stereocenters. The molecule has 0 aliphatic heterocycles. The lowest BCUT2D eigenvalue weighted by atomic mass is 10.0. The van der Waals surface area contributed by atoms with E-state index in [9.17, 15) is 22.4 Å². The molecule has 1 N–H and O–H groups in total. The highest BCUT2D eigenvalue weighted by atomic mass is 19.2. The third kappa shape index (κ3) is 5.52. The fraction of sp³-hybridized carbons (Fsp3) is 0.333. The monoisotopic (exact) mass is 439 g/mol. The van der Waals surface area contributed by atoms with Crippen LogP contribution in [0.15, 0.2) is 46.2 Å². The van der Waals surface area contributed by atoms with Crippen molar-refractivity contribution in [2.45, 2.75) is 26.3 Å². The molecule has 0 saturated carbocycles. The molecule has 1 aliphatic rings. The number of hydrogen-bond donors (Lipinski definition) is 1. The molecule has 31 heavy (non-hydrogen) atoms. The normalized spacial score (nSPS) is 13.9. The van der Waals surface area contributed by atoms with Gasteiger partial charge in [-0.3, -0.25) is 4.79 Å². The first-order valence-electron chi connectivity index (χ1n) is 9.48. The van der Waals surface area contributed by atoms with E-state index in [0.717, 1.165) is 23.9 Å². The van der Waals surface area contributed by atoms with Crippen molar-refractivity contribution in [3.8, 4) is 0 Å². The molecular weight excluding hydrogens is 418 g/mol. The molecule has 1 heterocycles. The topological polar surface area (TPSA) is 65.4 Å². The lowest BCUT2D eigenvalue weighted by Crippen LogP contribution is -2.22. The van der Waals surface area contributed by atoms with Crippen LogP contribution in [0.25, 0.3) is 0 Å². The van der Waals surface area contributed by atoms with E-state index < -0.39 is 28.8 Å². The predicted molar refractivity (Wildman–Crippen MR) is 105 cm³/mol. The van der Waals surface area contributed by atoms with Crippen LogP contribution in [0.3, 0.4) is 0 Å². The summed E-state index contributed by atoms with van der Waals surface area (Å²) in [7, 11) is 1.56. The van der Waals surface area contributed by atoms with Gasteiger partial charge in [-0.2, -0.15) is 9.37 Å². The Hall–Kier alpha value is -3.14. The van der Waals surface area contributed by atoms with Gasteiger partial charge in [0, 0.05) is 25.4 Å². The summed E-state index contributed by atoms with van der Waals surface area (Å²) < 4.78 is 66.0. The lowest BCUT2D eigenvalue weighted by molar-refractivity contribution is 0.106. The number of methoxy groups -OCH3 is 1. The van der Waals surface area contributed by atoms with Gasteiger partial charge in [0.25, 0.3) is 0 Å². The second kappa shape index (κ2) is 9.78. The van der Waals surface area contributed by atoms with Crippen LogP contribution in [-0.4, -0.2) is 29.9 Å². The number of anilines is 1. The van der Waals surface area contributed by atoms with Gasteiger partial charge in [0.15, 0.2) is 17.5 Å². The Kier molecular flexibility index (Phi) is 7.11. The van der Waals surface area contributed by atoms with Crippen LogP contribution in [0.5, 0.6) is 0 Å². The Labute approximate surface area is 175 Å². The van der Waals surface area contributed by atoms with Gasteiger partial charge in [-0.05, 0) is 42.7 Å². The minimum Gasteiger partial charge on any atom is -0.495 e. The average molecular weight is 439 g/mol. The van der Waals surface area contributed by atoms with Crippen LogP contribution in [0.2, 0.25) is 0 Å². The minimum absolute atomic E-state index is 0.0257. The first-order valence-corrected chi connectivity index (χ1v) is 9.48. The molecule has 3 rings (SSSR count). The minimum atomic E-state index is -1.60. The van der Waals surface area contributed by atoms with E-state index in [1.165, 1.54) is 4.57 Å². The van der Waals surface area contributed by atoms with Crippen molar-refractivity contribution in [2.75, 3.05) is 25.6 Å². The summed E-state index contributed by atoms with van der Waals surface area (Å²) in [5.74, 6) is -4.82. The van der Waals surface area contributed by atoms with E-state index in [-0.39, 0.29) is 18.1 Å². The molecular formula is C21H21F4N3O3. The fourth-order valence-corrected chi connectivity index (χ4v) is 3.02. The SMILES string of the molecule is COCCOC1=CC(Nc2nc(=O)c(F)cn2Cc2cc(F)c(F)c(F)c2)=C(C)CC1. The third-order valence-corrected chi connectivity index (χ3v) is 4.68. The average Bonchev–Trinajstić information content (AvgIpc) is 2.72. The molecule has 0 amide bonds. The summed E-state index contributed by atoms with van der Waals surface area (Å²) in [6.07, 6.45) is 3.97. The largest absolute Gasteiger partial charge is 0.495 e. The zero-order chi connectivity index (χ0) is 22.5. The highest BCUT2D eigenvalue weighted by Gasteiger charge is 2.17. The fourth-order valence-electron chi connectivity index (χ4n) is 3.02. The molecule has 2 aromatic rings. The molecule has 1 aromatic heterocycles. The smallest absolute Gasteiger partial charge is 0.310 e. The van der Waals surface area contributed by atoms with Gasteiger partial charge in [0.1, 0.15) is 6.61 Å². The van der Waals surface area contributed by atoms with Crippen LogP contribution >= 0.6 is 0 Å². The van der Waals surface area contributed by atoms with E-state index in [2.05, 4.69) is 10.3 Å². The first kappa shape index (κ1) is 22.5. The van der Waals surface area contributed by atoms with E-state index in [1.807, 2.05) is 6.92 Å². The second-order valence-corrected chi connectivity index (χ2v) is 6.99.